The van der Waals surface area contributed by atoms with Crippen molar-refractivity contribution in [3.05, 3.63) is 47.8 Å². The molecule has 0 saturated heterocycles. The number of hydrogen-bond donors (Lipinski definition) is 2. The van der Waals surface area contributed by atoms with Crippen molar-refractivity contribution in [1.82, 2.24) is 9.78 Å². The number of aryl methyl sites for hydroxylation is 1. The summed E-state index contributed by atoms with van der Waals surface area (Å²) in [5, 5.41) is 16.4. The Morgan fingerprint density at radius 1 is 1.38 bits per heavy atom. The minimum absolute atomic E-state index is 0.0718. The average Bonchev–Trinajstić information content (AvgIpc) is 2.73. The van der Waals surface area contributed by atoms with E-state index in [2.05, 4.69) is 10.4 Å². The van der Waals surface area contributed by atoms with Crippen LogP contribution in [0.2, 0.25) is 0 Å². The topological polar surface area (TPSA) is 50.1 Å². The van der Waals surface area contributed by atoms with Crippen molar-refractivity contribution in [2.75, 3.05) is 5.32 Å². The Kier molecular flexibility index (Phi) is 3.22. The maximum absolute atomic E-state index is 9.01. The number of hydrogen-bond acceptors (Lipinski definition) is 3. The largest absolute Gasteiger partial charge is 0.392 e. The molecule has 1 heterocycles. The molecule has 84 valence electrons. The van der Waals surface area contributed by atoms with Gasteiger partial charge in [0.05, 0.1) is 12.8 Å². The van der Waals surface area contributed by atoms with Crippen LogP contribution >= 0.6 is 0 Å². The number of rotatable bonds is 4. The predicted molar refractivity (Wildman–Crippen MR) is 62.9 cm³/mol. The van der Waals surface area contributed by atoms with Crippen molar-refractivity contribution in [1.29, 1.82) is 0 Å². The molecule has 16 heavy (non-hydrogen) atoms. The normalized spacial score (nSPS) is 10.4. The highest BCUT2D eigenvalue weighted by Crippen LogP contribution is 2.11. The van der Waals surface area contributed by atoms with Gasteiger partial charge in [0.25, 0.3) is 0 Å². The van der Waals surface area contributed by atoms with Crippen LogP contribution in [0.15, 0.2) is 36.7 Å². The Bertz CT molecular complexity index is 465. The molecule has 1 aromatic heterocycles. The molecule has 2 rings (SSSR count). The van der Waals surface area contributed by atoms with E-state index >= 15 is 0 Å². The molecule has 0 spiro atoms. The fraction of sp³-hybridized carbons (Fsp3) is 0.250. The Morgan fingerprint density at radius 3 is 2.94 bits per heavy atom. The van der Waals surface area contributed by atoms with Crippen molar-refractivity contribution in [2.45, 2.75) is 13.2 Å². The number of aliphatic hydroxyl groups is 1. The van der Waals surface area contributed by atoms with Gasteiger partial charge < -0.3 is 10.4 Å². The van der Waals surface area contributed by atoms with Gasteiger partial charge >= 0.3 is 0 Å². The fourth-order valence-corrected chi connectivity index (χ4v) is 1.55. The summed E-state index contributed by atoms with van der Waals surface area (Å²) < 4.78 is 1.78. The fourth-order valence-electron chi connectivity index (χ4n) is 1.55. The second kappa shape index (κ2) is 4.81. The summed E-state index contributed by atoms with van der Waals surface area (Å²) in [7, 11) is 1.90. The average molecular weight is 217 g/mol. The first-order valence-electron chi connectivity index (χ1n) is 5.19. The van der Waals surface area contributed by atoms with Crippen LogP contribution in [0.25, 0.3) is 0 Å². The van der Waals surface area contributed by atoms with Gasteiger partial charge in [-0.05, 0) is 17.7 Å². The van der Waals surface area contributed by atoms with Crippen LogP contribution in [-0.4, -0.2) is 14.9 Å². The number of aromatic nitrogens is 2. The van der Waals surface area contributed by atoms with Gasteiger partial charge in [-0.2, -0.15) is 5.10 Å². The highest BCUT2D eigenvalue weighted by molar-refractivity contribution is 5.45. The van der Waals surface area contributed by atoms with Crippen molar-refractivity contribution in [3.63, 3.8) is 0 Å². The molecular formula is C12H15N3O. The minimum Gasteiger partial charge on any atom is -0.392 e. The van der Waals surface area contributed by atoms with E-state index in [1.165, 1.54) is 0 Å². The second-order valence-electron chi connectivity index (χ2n) is 3.73. The van der Waals surface area contributed by atoms with Crippen LogP contribution in [0.4, 0.5) is 5.69 Å². The molecule has 0 aliphatic rings. The molecule has 2 aromatic rings. The third-order valence-electron chi connectivity index (χ3n) is 2.36. The van der Waals surface area contributed by atoms with Crippen LogP contribution in [0.5, 0.6) is 0 Å². The summed E-state index contributed by atoms with van der Waals surface area (Å²) in [6.07, 6.45) is 3.81. The molecule has 0 amide bonds. The molecule has 0 aliphatic heterocycles. The molecule has 0 unspecified atom stereocenters. The van der Waals surface area contributed by atoms with Crippen molar-refractivity contribution in [3.8, 4) is 0 Å². The zero-order chi connectivity index (χ0) is 11.4. The molecule has 1 aromatic carbocycles. The van der Waals surface area contributed by atoms with Gasteiger partial charge in [0, 0.05) is 31.0 Å². The number of aliphatic hydroxyl groups excluding tert-OH is 1. The van der Waals surface area contributed by atoms with Crippen LogP contribution in [0.1, 0.15) is 11.1 Å². The third kappa shape index (κ3) is 2.61. The van der Waals surface area contributed by atoms with Gasteiger partial charge in [-0.3, -0.25) is 4.68 Å². The Balaban J connectivity index is 1.99. The van der Waals surface area contributed by atoms with E-state index in [9.17, 15) is 0 Å². The molecule has 0 fully saturated rings. The van der Waals surface area contributed by atoms with E-state index in [1.807, 2.05) is 43.7 Å². The maximum atomic E-state index is 9.01. The number of nitrogens with zero attached hydrogens (tertiary/aromatic N) is 2. The van der Waals surface area contributed by atoms with E-state index in [4.69, 9.17) is 5.11 Å². The van der Waals surface area contributed by atoms with E-state index in [-0.39, 0.29) is 6.61 Å². The van der Waals surface area contributed by atoms with Crippen molar-refractivity contribution < 1.29 is 5.11 Å². The van der Waals surface area contributed by atoms with Crippen LogP contribution < -0.4 is 5.32 Å². The summed E-state index contributed by atoms with van der Waals surface area (Å²) >= 11 is 0. The van der Waals surface area contributed by atoms with Crippen molar-refractivity contribution in [2.24, 2.45) is 7.05 Å². The van der Waals surface area contributed by atoms with Gasteiger partial charge in [-0.25, -0.2) is 0 Å². The summed E-state index contributed by atoms with van der Waals surface area (Å²) in [5.74, 6) is 0. The zero-order valence-electron chi connectivity index (χ0n) is 9.22. The molecule has 0 atom stereocenters. The lowest BCUT2D eigenvalue weighted by Gasteiger charge is -2.05. The van der Waals surface area contributed by atoms with Gasteiger partial charge in [-0.1, -0.05) is 12.1 Å². The third-order valence-corrected chi connectivity index (χ3v) is 2.36. The van der Waals surface area contributed by atoms with Crippen LogP contribution in [0.3, 0.4) is 0 Å². The molecular weight excluding hydrogens is 202 g/mol. The maximum Gasteiger partial charge on any atom is 0.0682 e. The molecule has 2 N–H and O–H groups in total. The summed E-state index contributed by atoms with van der Waals surface area (Å²) in [5.41, 5.74) is 3.06. The smallest absolute Gasteiger partial charge is 0.0682 e. The van der Waals surface area contributed by atoms with Gasteiger partial charge in [-0.15, -0.1) is 0 Å². The number of nitrogens with one attached hydrogen (secondary N) is 1. The molecule has 0 bridgehead atoms. The summed E-state index contributed by atoms with van der Waals surface area (Å²) in [6, 6.07) is 7.75. The quantitative estimate of drug-likeness (QED) is 0.816. The van der Waals surface area contributed by atoms with E-state index in [0.717, 1.165) is 23.4 Å². The Labute approximate surface area is 94.5 Å². The van der Waals surface area contributed by atoms with Crippen LogP contribution in [-0.2, 0) is 20.2 Å². The highest BCUT2D eigenvalue weighted by Gasteiger charge is 1.97. The van der Waals surface area contributed by atoms with E-state index in [1.54, 1.807) is 4.68 Å². The molecule has 4 nitrogen and oxygen atoms in total. The van der Waals surface area contributed by atoms with Gasteiger partial charge in [0.15, 0.2) is 0 Å². The number of benzene rings is 1. The molecule has 0 saturated carbocycles. The van der Waals surface area contributed by atoms with E-state index in [0.29, 0.717) is 0 Å². The lowest BCUT2D eigenvalue weighted by Crippen LogP contribution is -1.99. The Morgan fingerprint density at radius 2 is 2.25 bits per heavy atom. The first-order valence-corrected chi connectivity index (χ1v) is 5.19. The molecule has 0 aliphatic carbocycles. The zero-order valence-corrected chi connectivity index (χ0v) is 9.22. The molecule has 0 radical (unpaired) electrons. The highest BCUT2D eigenvalue weighted by atomic mass is 16.3. The predicted octanol–water partition coefficient (Wildman–Crippen LogP) is 1.52. The SMILES string of the molecule is Cn1cc(CNc2cccc(CO)c2)cn1. The minimum atomic E-state index is 0.0718. The summed E-state index contributed by atoms with van der Waals surface area (Å²) in [6.45, 7) is 0.811. The van der Waals surface area contributed by atoms with E-state index < -0.39 is 0 Å². The summed E-state index contributed by atoms with van der Waals surface area (Å²) in [4.78, 5) is 0. The van der Waals surface area contributed by atoms with Gasteiger partial charge in [0.1, 0.15) is 0 Å². The van der Waals surface area contributed by atoms with Crippen LogP contribution in [0, 0.1) is 0 Å². The second-order valence-corrected chi connectivity index (χ2v) is 3.73. The van der Waals surface area contributed by atoms with Gasteiger partial charge in [0.2, 0.25) is 0 Å². The first kappa shape index (κ1) is 10.7. The Hall–Kier alpha value is -1.81. The first-order chi connectivity index (χ1) is 7.78. The monoisotopic (exact) mass is 217 g/mol. The molecule has 4 heteroatoms. The lowest BCUT2D eigenvalue weighted by molar-refractivity contribution is 0.282. The standard InChI is InChI=1S/C12H15N3O/c1-15-8-11(7-14-15)6-13-12-4-2-3-10(5-12)9-16/h2-5,7-8,13,16H,6,9H2,1H3. The number of anilines is 1. The van der Waals surface area contributed by atoms with Crippen molar-refractivity contribution >= 4 is 5.69 Å². The lowest BCUT2D eigenvalue weighted by atomic mass is 10.2.